The molecule has 2 nitrogen and oxygen atoms in total. The molecular formula is C13H18FNOS. The first-order chi connectivity index (χ1) is 8.09. The second kappa shape index (κ2) is 5.38. The summed E-state index contributed by atoms with van der Waals surface area (Å²) in [5, 5.41) is 10.4. The molecular weight excluding hydrogens is 237 g/mol. The van der Waals surface area contributed by atoms with Crippen LogP contribution in [-0.4, -0.2) is 41.1 Å². The number of benzene rings is 1. The third-order valence-electron chi connectivity index (χ3n) is 3.36. The van der Waals surface area contributed by atoms with Crippen molar-refractivity contribution in [2.24, 2.45) is 0 Å². The molecule has 1 aliphatic rings. The van der Waals surface area contributed by atoms with Crippen molar-refractivity contribution < 1.29 is 9.50 Å². The summed E-state index contributed by atoms with van der Waals surface area (Å²) in [6.07, 6.45) is -0.534. The van der Waals surface area contributed by atoms with Gasteiger partial charge in [-0.1, -0.05) is 6.07 Å². The van der Waals surface area contributed by atoms with Gasteiger partial charge in [-0.3, -0.25) is 4.90 Å². The van der Waals surface area contributed by atoms with E-state index in [1.54, 1.807) is 6.07 Å². The molecule has 0 spiro atoms. The normalized spacial score (nSPS) is 23.6. The summed E-state index contributed by atoms with van der Waals surface area (Å²) in [5.41, 5.74) is 1.66. The van der Waals surface area contributed by atoms with Crippen molar-refractivity contribution in [2.45, 2.75) is 19.1 Å². The lowest BCUT2D eigenvalue weighted by Gasteiger charge is -2.35. The highest BCUT2D eigenvalue weighted by molar-refractivity contribution is 7.99. The number of rotatable bonds is 2. The second-order valence-corrected chi connectivity index (χ2v) is 5.72. The maximum atomic E-state index is 13.0. The van der Waals surface area contributed by atoms with E-state index in [9.17, 15) is 9.50 Å². The fourth-order valence-corrected chi connectivity index (χ4v) is 3.48. The van der Waals surface area contributed by atoms with Crippen LogP contribution in [0.4, 0.5) is 4.39 Å². The average Bonchev–Trinajstić information content (AvgIpc) is 2.29. The van der Waals surface area contributed by atoms with Crippen molar-refractivity contribution >= 4 is 11.8 Å². The molecule has 0 aromatic heterocycles. The Hall–Kier alpha value is -0.580. The maximum absolute atomic E-state index is 13.0. The summed E-state index contributed by atoms with van der Waals surface area (Å²) in [4.78, 5) is 2.18. The van der Waals surface area contributed by atoms with Gasteiger partial charge in [-0.2, -0.15) is 11.8 Å². The van der Waals surface area contributed by atoms with Crippen molar-refractivity contribution in [2.75, 3.05) is 25.1 Å². The number of likely N-dealkylation sites (N-methyl/N-ethyl adjacent to an activating group) is 1. The number of halogens is 1. The van der Waals surface area contributed by atoms with Crippen molar-refractivity contribution in [3.05, 3.63) is 35.1 Å². The zero-order valence-corrected chi connectivity index (χ0v) is 11.0. The quantitative estimate of drug-likeness (QED) is 0.876. The highest BCUT2D eigenvalue weighted by Crippen LogP contribution is 2.28. The van der Waals surface area contributed by atoms with Gasteiger partial charge in [0.1, 0.15) is 5.82 Å². The van der Waals surface area contributed by atoms with Gasteiger partial charge >= 0.3 is 0 Å². The van der Waals surface area contributed by atoms with Crippen LogP contribution in [0.1, 0.15) is 17.2 Å². The topological polar surface area (TPSA) is 23.5 Å². The van der Waals surface area contributed by atoms with E-state index in [0.717, 1.165) is 29.2 Å². The molecule has 1 N–H and O–H groups in total. The van der Waals surface area contributed by atoms with E-state index in [0.29, 0.717) is 0 Å². The van der Waals surface area contributed by atoms with E-state index in [-0.39, 0.29) is 11.9 Å². The molecule has 2 unspecified atom stereocenters. The third-order valence-corrected chi connectivity index (χ3v) is 4.41. The van der Waals surface area contributed by atoms with E-state index in [4.69, 9.17) is 0 Å². The molecule has 1 fully saturated rings. The molecule has 1 aromatic carbocycles. The molecule has 2 rings (SSSR count). The number of aliphatic hydroxyl groups excluding tert-OH is 1. The van der Waals surface area contributed by atoms with Crippen molar-refractivity contribution in [1.82, 2.24) is 4.90 Å². The molecule has 0 amide bonds. The Morgan fingerprint density at radius 2 is 2.29 bits per heavy atom. The maximum Gasteiger partial charge on any atom is 0.123 e. The van der Waals surface area contributed by atoms with Crippen LogP contribution < -0.4 is 0 Å². The molecule has 0 bridgehead atoms. The minimum atomic E-state index is -0.534. The minimum absolute atomic E-state index is 0.123. The Balaban J connectivity index is 2.20. The molecule has 1 aliphatic heterocycles. The SMILES string of the molecule is Cc1cc(F)ccc1C(O)C1CSCCN1C. The largest absolute Gasteiger partial charge is 0.387 e. The van der Waals surface area contributed by atoms with Crippen LogP contribution >= 0.6 is 11.8 Å². The molecule has 1 saturated heterocycles. The smallest absolute Gasteiger partial charge is 0.123 e. The van der Waals surface area contributed by atoms with Crippen molar-refractivity contribution in [3.8, 4) is 0 Å². The minimum Gasteiger partial charge on any atom is -0.387 e. The van der Waals surface area contributed by atoms with E-state index in [1.807, 2.05) is 25.7 Å². The zero-order valence-electron chi connectivity index (χ0n) is 10.2. The molecule has 94 valence electrons. The molecule has 1 aromatic rings. The summed E-state index contributed by atoms with van der Waals surface area (Å²) in [6.45, 7) is 2.84. The van der Waals surface area contributed by atoms with Gasteiger partial charge in [0.15, 0.2) is 0 Å². The molecule has 2 atom stereocenters. The standard InChI is InChI=1S/C13H18FNOS/c1-9-7-10(14)3-4-11(9)13(16)12-8-17-6-5-15(12)2/h3-4,7,12-13,16H,5-6,8H2,1-2H3. The van der Waals surface area contributed by atoms with Crippen LogP contribution in [0.25, 0.3) is 0 Å². The number of aliphatic hydroxyl groups is 1. The second-order valence-electron chi connectivity index (χ2n) is 4.57. The van der Waals surface area contributed by atoms with Crippen molar-refractivity contribution in [3.63, 3.8) is 0 Å². The van der Waals surface area contributed by atoms with E-state index in [2.05, 4.69) is 4.90 Å². The van der Waals surface area contributed by atoms with Gasteiger partial charge < -0.3 is 5.11 Å². The molecule has 0 saturated carbocycles. The first-order valence-electron chi connectivity index (χ1n) is 5.81. The van der Waals surface area contributed by atoms with Crippen LogP contribution in [0.5, 0.6) is 0 Å². The summed E-state index contributed by atoms with van der Waals surface area (Å²) in [7, 11) is 2.03. The Morgan fingerprint density at radius 1 is 1.53 bits per heavy atom. The number of thioether (sulfide) groups is 1. The number of hydrogen-bond acceptors (Lipinski definition) is 3. The first kappa shape index (κ1) is 12.9. The summed E-state index contributed by atoms with van der Waals surface area (Å²) >= 11 is 1.86. The lowest BCUT2D eigenvalue weighted by atomic mass is 9.98. The lowest BCUT2D eigenvalue weighted by Crippen LogP contribution is -2.43. The Morgan fingerprint density at radius 3 is 2.94 bits per heavy atom. The van der Waals surface area contributed by atoms with E-state index < -0.39 is 6.10 Å². The van der Waals surface area contributed by atoms with Gasteiger partial charge in [0.2, 0.25) is 0 Å². The van der Waals surface area contributed by atoms with Crippen LogP contribution in [0.2, 0.25) is 0 Å². The first-order valence-corrected chi connectivity index (χ1v) is 6.97. The van der Waals surface area contributed by atoms with Crippen molar-refractivity contribution in [1.29, 1.82) is 0 Å². The average molecular weight is 255 g/mol. The van der Waals surface area contributed by atoms with E-state index >= 15 is 0 Å². The third kappa shape index (κ3) is 2.81. The Bertz CT molecular complexity index is 399. The Labute approximate surface area is 106 Å². The summed E-state index contributed by atoms with van der Waals surface area (Å²) in [5.74, 6) is 1.79. The molecule has 1 heterocycles. The van der Waals surface area contributed by atoms with Gasteiger partial charge in [-0.25, -0.2) is 4.39 Å². The van der Waals surface area contributed by atoms with Crippen LogP contribution in [-0.2, 0) is 0 Å². The summed E-state index contributed by atoms with van der Waals surface area (Å²) in [6, 6.07) is 4.72. The highest BCUT2D eigenvalue weighted by atomic mass is 32.2. The fraction of sp³-hybridized carbons (Fsp3) is 0.538. The van der Waals surface area contributed by atoms with E-state index in [1.165, 1.54) is 12.1 Å². The monoisotopic (exact) mass is 255 g/mol. The predicted octanol–water partition coefficient (Wildman–Crippen LogP) is 2.21. The number of hydrogen-bond donors (Lipinski definition) is 1. The van der Waals surface area contributed by atoms with Crippen LogP contribution in [0.3, 0.4) is 0 Å². The molecule has 0 aliphatic carbocycles. The summed E-state index contributed by atoms with van der Waals surface area (Å²) < 4.78 is 13.0. The molecule has 17 heavy (non-hydrogen) atoms. The molecule has 0 radical (unpaired) electrons. The van der Waals surface area contributed by atoms with Crippen LogP contribution in [0, 0.1) is 12.7 Å². The van der Waals surface area contributed by atoms with Gasteiger partial charge in [0.05, 0.1) is 6.10 Å². The predicted molar refractivity (Wildman–Crippen MR) is 69.8 cm³/mol. The fourth-order valence-electron chi connectivity index (χ4n) is 2.22. The zero-order chi connectivity index (χ0) is 12.4. The number of nitrogens with zero attached hydrogens (tertiary/aromatic N) is 1. The number of aryl methyl sites for hydroxylation is 1. The van der Waals surface area contributed by atoms with Gasteiger partial charge in [-0.05, 0) is 37.2 Å². The Kier molecular flexibility index (Phi) is 4.07. The van der Waals surface area contributed by atoms with Gasteiger partial charge in [0.25, 0.3) is 0 Å². The van der Waals surface area contributed by atoms with Gasteiger partial charge in [-0.15, -0.1) is 0 Å². The van der Waals surface area contributed by atoms with Crippen LogP contribution in [0.15, 0.2) is 18.2 Å². The molecule has 4 heteroatoms. The lowest BCUT2D eigenvalue weighted by molar-refractivity contribution is 0.0753. The van der Waals surface area contributed by atoms with Gasteiger partial charge in [0, 0.05) is 24.1 Å². The highest BCUT2D eigenvalue weighted by Gasteiger charge is 2.28.